The molecule has 1 aromatic heterocycles. The summed E-state index contributed by atoms with van der Waals surface area (Å²) in [6.07, 6.45) is -0.797. The number of aromatic nitrogens is 2. The van der Waals surface area contributed by atoms with Crippen LogP contribution in [0.5, 0.6) is 5.88 Å². The van der Waals surface area contributed by atoms with Crippen molar-refractivity contribution in [2.45, 2.75) is 24.7 Å². The van der Waals surface area contributed by atoms with Gasteiger partial charge in [0.25, 0.3) is 5.56 Å². The lowest BCUT2D eigenvalue weighted by atomic mass is 10.1. The lowest BCUT2D eigenvalue weighted by Gasteiger charge is -2.17. The van der Waals surface area contributed by atoms with Gasteiger partial charge in [-0.2, -0.15) is 0 Å². The van der Waals surface area contributed by atoms with Crippen molar-refractivity contribution in [2.75, 3.05) is 6.61 Å². The minimum Gasteiger partial charge on any atom is -0.473 e. The van der Waals surface area contributed by atoms with Gasteiger partial charge in [0.05, 0.1) is 24.8 Å². The van der Waals surface area contributed by atoms with E-state index in [-0.39, 0.29) is 18.5 Å². The highest BCUT2D eigenvalue weighted by Gasteiger charge is 2.49. The van der Waals surface area contributed by atoms with Gasteiger partial charge < -0.3 is 14.9 Å². The van der Waals surface area contributed by atoms with Gasteiger partial charge in [-0.05, 0) is 6.42 Å². The van der Waals surface area contributed by atoms with Gasteiger partial charge in [-0.15, -0.1) is 0 Å². The van der Waals surface area contributed by atoms with E-state index >= 15 is 0 Å². The number of nitrogens with one attached hydrogen (secondary N) is 1. The standard InChI is InChI=1S/C10H12N2O5/c13-3-4-6(14)1-5-9(4)17-8-2-7(15)11-10(16)12(5)8/h2,4-6,9,13-14H,1,3H2,(H,11,15,16)/t4-,5+,6+,9-/m0/s1. The summed E-state index contributed by atoms with van der Waals surface area (Å²) >= 11 is 0. The van der Waals surface area contributed by atoms with Crippen molar-refractivity contribution in [2.24, 2.45) is 5.92 Å². The summed E-state index contributed by atoms with van der Waals surface area (Å²) in [7, 11) is 0. The molecule has 1 aromatic rings. The number of aliphatic hydroxyl groups excluding tert-OH is 2. The molecule has 1 aliphatic heterocycles. The van der Waals surface area contributed by atoms with Crippen LogP contribution in [-0.4, -0.2) is 38.6 Å². The van der Waals surface area contributed by atoms with Crippen molar-refractivity contribution in [3.05, 3.63) is 26.9 Å². The number of hydrogen-bond donors (Lipinski definition) is 3. The first kappa shape index (κ1) is 10.5. The topological polar surface area (TPSA) is 105 Å². The van der Waals surface area contributed by atoms with Crippen LogP contribution in [0, 0.1) is 5.92 Å². The van der Waals surface area contributed by atoms with Gasteiger partial charge in [-0.25, -0.2) is 4.79 Å². The summed E-state index contributed by atoms with van der Waals surface area (Å²) < 4.78 is 6.83. The number of hydrogen-bond acceptors (Lipinski definition) is 5. The second kappa shape index (κ2) is 3.44. The molecule has 17 heavy (non-hydrogen) atoms. The maximum Gasteiger partial charge on any atom is 0.331 e. The summed E-state index contributed by atoms with van der Waals surface area (Å²) in [5.74, 6) is -0.214. The molecule has 0 radical (unpaired) electrons. The predicted octanol–water partition coefficient (Wildman–Crippen LogP) is -1.79. The molecule has 92 valence electrons. The minimum absolute atomic E-state index is 0.208. The Morgan fingerprint density at radius 1 is 1.53 bits per heavy atom. The average Bonchev–Trinajstić information content (AvgIpc) is 2.71. The Morgan fingerprint density at radius 3 is 3.00 bits per heavy atom. The highest BCUT2D eigenvalue weighted by atomic mass is 16.5. The van der Waals surface area contributed by atoms with Gasteiger partial charge in [-0.1, -0.05) is 0 Å². The fraction of sp³-hybridized carbons (Fsp3) is 0.600. The van der Waals surface area contributed by atoms with E-state index in [1.807, 2.05) is 0 Å². The van der Waals surface area contributed by atoms with Crippen molar-refractivity contribution in [3.63, 3.8) is 0 Å². The summed E-state index contributed by atoms with van der Waals surface area (Å²) in [5.41, 5.74) is -1.05. The molecule has 2 aliphatic rings. The molecule has 7 heteroatoms. The Balaban J connectivity index is 2.10. The molecule has 7 nitrogen and oxygen atoms in total. The summed E-state index contributed by atoms with van der Waals surface area (Å²) in [6, 6.07) is 0.891. The Bertz CT molecular complexity index is 563. The van der Waals surface area contributed by atoms with E-state index < -0.39 is 29.4 Å². The molecular formula is C10H12N2O5. The van der Waals surface area contributed by atoms with Gasteiger partial charge in [0.15, 0.2) is 0 Å². The van der Waals surface area contributed by atoms with Crippen LogP contribution in [0.15, 0.2) is 15.7 Å². The molecule has 1 saturated carbocycles. The molecular weight excluding hydrogens is 228 g/mol. The van der Waals surface area contributed by atoms with Gasteiger partial charge in [0, 0.05) is 5.92 Å². The Labute approximate surface area is 95.3 Å². The van der Waals surface area contributed by atoms with E-state index in [2.05, 4.69) is 4.98 Å². The SMILES string of the molecule is O=c1cc2n(c(=O)[nH]1)[C@@H]1C[C@@H](O)[C@H](CO)[C@@H]1O2. The minimum atomic E-state index is -0.693. The van der Waals surface area contributed by atoms with Crippen molar-refractivity contribution >= 4 is 0 Å². The first-order valence-electron chi connectivity index (χ1n) is 5.43. The number of H-pyrrole nitrogens is 1. The second-order valence-electron chi connectivity index (χ2n) is 4.45. The zero-order valence-corrected chi connectivity index (χ0v) is 8.87. The van der Waals surface area contributed by atoms with E-state index in [0.717, 1.165) is 0 Å². The monoisotopic (exact) mass is 240 g/mol. The molecule has 1 aliphatic carbocycles. The van der Waals surface area contributed by atoms with Gasteiger partial charge in [-0.3, -0.25) is 14.3 Å². The van der Waals surface area contributed by atoms with E-state index in [4.69, 9.17) is 4.74 Å². The van der Waals surface area contributed by atoms with Crippen molar-refractivity contribution in [1.29, 1.82) is 0 Å². The fourth-order valence-electron chi connectivity index (χ4n) is 2.73. The highest BCUT2D eigenvalue weighted by Crippen LogP contribution is 2.42. The van der Waals surface area contributed by atoms with Crippen LogP contribution in [0.25, 0.3) is 0 Å². The highest BCUT2D eigenvalue weighted by molar-refractivity contribution is 5.18. The van der Waals surface area contributed by atoms with E-state index in [1.165, 1.54) is 10.6 Å². The maximum atomic E-state index is 11.7. The number of aliphatic hydroxyl groups is 2. The smallest absolute Gasteiger partial charge is 0.331 e. The summed E-state index contributed by atoms with van der Waals surface area (Å²) in [6.45, 7) is -0.209. The summed E-state index contributed by atoms with van der Waals surface area (Å²) in [5, 5.41) is 18.9. The molecule has 2 heterocycles. The van der Waals surface area contributed by atoms with Crippen LogP contribution < -0.4 is 16.0 Å². The fourth-order valence-corrected chi connectivity index (χ4v) is 2.73. The zero-order valence-electron chi connectivity index (χ0n) is 8.87. The average molecular weight is 240 g/mol. The first-order chi connectivity index (χ1) is 8.11. The van der Waals surface area contributed by atoms with Crippen LogP contribution >= 0.6 is 0 Å². The van der Waals surface area contributed by atoms with Crippen LogP contribution in [0.2, 0.25) is 0 Å². The van der Waals surface area contributed by atoms with Crippen LogP contribution in [-0.2, 0) is 0 Å². The van der Waals surface area contributed by atoms with Gasteiger partial charge >= 0.3 is 5.69 Å². The quantitative estimate of drug-likeness (QED) is 0.538. The molecule has 0 saturated heterocycles. The van der Waals surface area contributed by atoms with E-state index in [9.17, 15) is 19.8 Å². The Hall–Kier alpha value is -1.60. The van der Waals surface area contributed by atoms with Crippen molar-refractivity contribution in [1.82, 2.24) is 9.55 Å². The molecule has 3 rings (SSSR count). The molecule has 4 atom stereocenters. The molecule has 0 unspecified atom stereocenters. The second-order valence-corrected chi connectivity index (χ2v) is 4.45. The maximum absolute atomic E-state index is 11.7. The number of rotatable bonds is 1. The molecule has 0 amide bonds. The third kappa shape index (κ3) is 1.36. The largest absolute Gasteiger partial charge is 0.473 e. The third-order valence-electron chi connectivity index (χ3n) is 3.52. The van der Waals surface area contributed by atoms with E-state index in [1.54, 1.807) is 0 Å². The lowest BCUT2D eigenvalue weighted by Crippen LogP contribution is -2.31. The Morgan fingerprint density at radius 2 is 2.29 bits per heavy atom. The number of aromatic amines is 1. The lowest BCUT2D eigenvalue weighted by molar-refractivity contribution is 0.0424. The normalized spacial score (nSPS) is 34.2. The number of fused-ring (bicyclic) bond motifs is 3. The molecule has 0 bridgehead atoms. The number of nitrogens with zero attached hydrogens (tertiary/aromatic N) is 1. The molecule has 0 spiro atoms. The third-order valence-corrected chi connectivity index (χ3v) is 3.52. The van der Waals surface area contributed by atoms with Crippen LogP contribution in [0.3, 0.4) is 0 Å². The van der Waals surface area contributed by atoms with Crippen molar-refractivity contribution < 1.29 is 14.9 Å². The van der Waals surface area contributed by atoms with Crippen LogP contribution in [0.1, 0.15) is 12.5 Å². The van der Waals surface area contributed by atoms with E-state index in [0.29, 0.717) is 6.42 Å². The molecule has 0 aromatic carbocycles. The van der Waals surface area contributed by atoms with Crippen LogP contribution in [0.4, 0.5) is 0 Å². The first-order valence-corrected chi connectivity index (χ1v) is 5.43. The van der Waals surface area contributed by atoms with Crippen molar-refractivity contribution in [3.8, 4) is 5.88 Å². The Kier molecular flexibility index (Phi) is 2.14. The number of ether oxygens (including phenoxy) is 1. The van der Waals surface area contributed by atoms with Gasteiger partial charge in [0.1, 0.15) is 6.10 Å². The van der Waals surface area contributed by atoms with Gasteiger partial charge in [0.2, 0.25) is 5.88 Å². The molecule has 3 N–H and O–H groups in total. The zero-order chi connectivity index (χ0) is 12.2. The predicted molar refractivity (Wildman–Crippen MR) is 56.0 cm³/mol. The molecule has 1 fully saturated rings. The summed E-state index contributed by atoms with van der Waals surface area (Å²) in [4.78, 5) is 25.0.